The van der Waals surface area contributed by atoms with Crippen LogP contribution < -0.4 is 15.0 Å². The summed E-state index contributed by atoms with van der Waals surface area (Å²) in [6.45, 7) is 3.79. The van der Waals surface area contributed by atoms with Gasteiger partial charge in [-0.3, -0.25) is 14.9 Å². The van der Waals surface area contributed by atoms with Gasteiger partial charge >= 0.3 is 12.3 Å². The van der Waals surface area contributed by atoms with Crippen LogP contribution in [0.3, 0.4) is 0 Å². The minimum Gasteiger partial charge on any atom is -0.480 e. The van der Waals surface area contributed by atoms with Crippen LogP contribution in [0.15, 0.2) is 72.8 Å². The van der Waals surface area contributed by atoms with Crippen LogP contribution in [-0.2, 0) is 32.8 Å². The number of carboxylic acids is 1. The molecule has 4 atom stereocenters. The molecule has 4 unspecified atom stereocenters. The summed E-state index contributed by atoms with van der Waals surface area (Å²) in [7, 11) is 0. The van der Waals surface area contributed by atoms with Gasteiger partial charge in [-0.15, -0.1) is 13.2 Å². The molecular weight excluding hydrogens is 525 g/mol. The molecule has 0 saturated carbocycles. The number of anilines is 1. The van der Waals surface area contributed by atoms with Gasteiger partial charge in [-0.05, 0) is 47.2 Å². The van der Waals surface area contributed by atoms with E-state index in [4.69, 9.17) is 0 Å². The highest BCUT2D eigenvalue weighted by atomic mass is 19.4. The molecule has 2 amide bonds. The predicted octanol–water partition coefficient (Wildman–Crippen LogP) is 5.14. The largest absolute Gasteiger partial charge is 0.573 e. The van der Waals surface area contributed by atoms with Crippen molar-refractivity contribution in [1.82, 2.24) is 5.32 Å². The summed E-state index contributed by atoms with van der Waals surface area (Å²) in [5.74, 6) is -5.75. The number of imide groups is 1. The first kappa shape index (κ1) is 27.4. The number of para-hydroxylation sites is 1. The fourth-order valence-corrected chi connectivity index (χ4v) is 6.11. The van der Waals surface area contributed by atoms with E-state index in [0.29, 0.717) is 18.5 Å². The second-order valence-electron chi connectivity index (χ2n) is 9.87. The number of halogens is 3. The zero-order valence-electron chi connectivity index (χ0n) is 21.7. The van der Waals surface area contributed by atoms with Gasteiger partial charge in [-0.25, -0.2) is 9.69 Å². The second-order valence-corrected chi connectivity index (χ2v) is 9.87. The second kappa shape index (κ2) is 10.1. The number of fused-ring (bicyclic) bond motifs is 1. The summed E-state index contributed by atoms with van der Waals surface area (Å²) in [6, 6.07) is 17.5. The summed E-state index contributed by atoms with van der Waals surface area (Å²) in [6.07, 6.45) is -3.90. The number of carbonyl (C=O) groups excluding carboxylic acids is 2. The Hall–Kier alpha value is -4.18. The van der Waals surface area contributed by atoms with E-state index < -0.39 is 53.3 Å². The topological polar surface area (TPSA) is 95.9 Å². The van der Waals surface area contributed by atoms with E-state index in [0.717, 1.165) is 28.2 Å². The molecule has 0 radical (unpaired) electrons. The van der Waals surface area contributed by atoms with Crippen molar-refractivity contribution in [2.45, 2.75) is 44.6 Å². The molecule has 2 fully saturated rings. The van der Waals surface area contributed by atoms with E-state index in [1.807, 2.05) is 32.0 Å². The molecule has 2 heterocycles. The maximum Gasteiger partial charge on any atom is 0.573 e. The number of rotatable bonds is 7. The fourth-order valence-electron chi connectivity index (χ4n) is 6.11. The molecule has 0 bridgehead atoms. The van der Waals surface area contributed by atoms with E-state index in [2.05, 4.69) is 10.1 Å². The van der Waals surface area contributed by atoms with Crippen LogP contribution in [0.1, 0.15) is 42.1 Å². The minimum atomic E-state index is -4.95. The maximum atomic E-state index is 14.3. The summed E-state index contributed by atoms with van der Waals surface area (Å²) in [5, 5.41) is 13.7. The Kier molecular flexibility index (Phi) is 6.91. The highest BCUT2D eigenvalue weighted by Crippen LogP contribution is 2.54. The number of nitrogens with zero attached hydrogens (tertiary/aromatic N) is 1. The first-order valence-corrected chi connectivity index (χ1v) is 12.9. The zero-order valence-corrected chi connectivity index (χ0v) is 21.7. The first-order valence-electron chi connectivity index (χ1n) is 12.9. The van der Waals surface area contributed by atoms with Crippen molar-refractivity contribution in [3.05, 3.63) is 95.1 Å². The minimum absolute atomic E-state index is 0.193. The van der Waals surface area contributed by atoms with E-state index in [9.17, 15) is 32.7 Å². The number of nitrogens with one attached hydrogen (secondary N) is 1. The van der Waals surface area contributed by atoms with E-state index in [1.54, 1.807) is 30.3 Å². The van der Waals surface area contributed by atoms with Gasteiger partial charge in [0.2, 0.25) is 11.8 Å². The van der Waals surface area contributed by atoms with Crippen molar-refractivity contribution in [2.24, 2.45) is 11.8 Å². The van der Waals surface area contributed by atoms with Gasteiger partial charge in [0.05, 0.1) is 17.5 Å². The molecule has 3 aromatic rings. The van der Waals surface area contributed by atoms with Crippen molar-refractivity contribution in [3.63, 3.8) is 0 Å². The molecule has 10 heteroatoms. The van der Waals surface area contributed by atoms with Gasteiger partial charge in [-0.2, -0.15) is 0 Å². The lowest BCUT2D eigenvalue weighted by Crippen LogP contribution is -2.53. The Bertz CT molecular complexity index is 1450. The number of amides is 2. The Morgan fingerprint density at radius 1 is 0.950 bits per heavy atom. The monoisotopic (exact) mass is 552 g/mol. The lowest BCUT2D eigenvalue weighted by Gasteiger charge is -2.32. The molecule has 0 aromatic heterocycles. The third-order valence-corrected chi connectivity index (χ3v) is 7.77. The van der Waals surface area contributed by atoms with Gasteiger partial charge in [0.1, 0.15) is 5.75 Å². The SMILES string of the molecule is CCc1cccc(CC)c1N1C(=O)C2C(c3cccc(OC(F)(F)F)c3)NC(C(=O)O)(c3ccccc3)C2C1=O. The van der Waals surface area contributed by atoms with Gasteiger partial charge < -0.3 is 9.84 Å². The van der Waals surface area contributed by atoms with Crippen molar-refractivity contribution in [1.29, 1.82) is 0 Å². The van der Waals surface area contributed by atoms with Crippen molar-refractivity contribution in [2.75, 3.05) is 4.90 Å². The Labute approximate surface area is 228 Å². The fraction of sp³-hybridized carbons (Fsp3) is 0.300. The average Bonchev–Trinajstić information content (AvgIpc) is 3.42. The van der Waals surface area contributed by atoms with Crippen LogP contribution in [-0.4, -0.2) is 29.3 Å². The van der Waals surface area contributed by atoms with Crippen molar-refractivity contribution >= 4 is 23.5 Å². The number of benzene rings is 3. The molecule has 0 spiro atoms. The maximum absolute atomic E-state index is 14.3. The van der Waals surface area contributed by atoms with Crippen LogP contribution in [0.25, 0.3) is 0 Å². The normalized spacial score (nSPS) is 24.3. The molecule has 0 aliphatic carbocycles. The number of ether oxygens (including phenoxy) is 1. The number of hydrogen-bond donors (Lipinski definition) is 2. The summed E-state index contributed by atoms with van der Waals surface area (Å²) < 4.78 is 43.1. The molecular formula is C30H27F3N2O5. The van der Waals surface area contributed by atoms with E-state index in [-0.39, 0.29) is 11.1 Å². The van der Waals surface area contributed by atoms with Gasteiger partial charge in [0, 0.05) is 6.04 Å². The number of carbonyl (C=O) groups is 3. The van der Waals surface area contributed by atoms with Crippen LogP contribution in [0.5, 0.6) is 5.75 Å². The Balaban J connectivity index is 1.72. The lowest BCUT2D eigenvalue weighted by atomic mass is 9.75. The van der Waals surface area contributed by atoms with E-state index >= 15 is 0 Å². The van der Waals surface area contributed by atoms with Gasteiger partial charge in [-0.1, -0.05) is 74.5 Å². The highest BCUT2D eigenvalue weighted by molar-refractivity contribution is 6.25. The quantitative estimate of drug-likeness (QED) is 0.394. The number of hydrogen-bond acceptors (Lipinski definition) is 5. The third-order valence-electron chi connectivity index (χ3n) is 7.77. The van der Waals surface area contributed by atoms with Gasteiger partial charge in [0.15, 0.2) is 5.54 Å². The van der Waals surface area contributed by atoms with Crippen LogP contribution in [0.4, 0.5) is 18.9 Å². The molecule has 5 rings (SSSR count). The van der Waals surface area contributed by atoms with Crippen molar-refractivity contribution in [3.8, 4) is 5.75 Å². The molecule has 2 aliphatic heterocycles. The van der Waals surface area contributed by atoms with Gasteiger partial charge in [0.25, 0.3) is 0 Å². The smallest absolute Gasteiger partial charge is 0.480 e. The molecule has 40 heavy (non-hydrogen) atoms. The average molecular weight is 553 g/mol. The van der Waals surface area contributed by atoms with Crippen LogP contribution in [0, 0.1) is 11.8 Å². The number of aliphatic carboxylic acids is 1. The lowest BCUT2D eigenvalue weighted by molar-refractivity contribution is -0.274. The Morgan fingerprint density at radius 3 is 2.15 bits per heavy atom. The summed E-state index contributed by atoms with van der Waals surface area (Å²) in [5.41, 5.74) is 0.381. The standard InChI is InChI=1S/C30H27F3N2O5/c1-3-17-10-8-11-18(4-2)25(17)35-26(36)22-23(27(35)37)29(28(38)39,20-13-6-5-7-14-20)34-24(22)19-12-9-15-21(16-19)40-30(31,32)33/h5-16,22-24,34H,3-4H2,1-2H3,(H,38,39). The molecule has 7 nitrogen and oxygen atoms in total. The van der Waals surface area contributed by atoms with Crippen LogP contribution >= 0.6 is 0 Å². The molecule has 2 N–H and O–H groups in total. The molecule has 3 aromatic carbocycles. The first-order chi connectivity index (χ1) is 19.0. The summed E-state index contributed by atoms with van der Waals surface area (Å²) in [4.78, 5) is 42.7. The van der Waals surface area contributed by atoms with Crippen LogP contribution in [0.2, 0.25) is 0 Å². The highest BCUT2D eigenvalue weighted by Gasteiger charge is 2.69. The third kappa shape index (κ3) is 4.32. The molecule has 2 aliphatic rings. The van der Waals surface area contributed by atoms with Crippen molar-refractivity contribution < 1.29 is 37.4 Å². The van der Waals surface area contributed by atoms with E-state index in [1.165, 1.54) is 12.1 Å². The number of aryl methyl sites for hydroxylation is 2. The zero-order chi connectivity index (χ0) is 28.8. The number of carboxylic acid groups (broad SMARTS) is 1. The number of alkyl halides is 3. The summed E-state index contributed by atoms with van der Waals surface area (Å²) >= 11 is 0. The molecule has 208 valence electrons. The molecule has 2 saturated heterocycles. The predicted molar refractivity (Wildman–Crippen MR) is 139 cm³/mol. The Morgan fingerprint density at radius 2 is 1.57 bits per heavy atom.